The van der Waals surface area contributed by atoms with Gasteiger partial charge in [-0.3, -0.25) is 4.79 Å². The highest BCUT2D eigenvalue weighted by molar-refractivity contribution is 5.82. The van der Waals surface area contributed by atoms with Crippen LogP contribution in [-0.4, -0.2) is 28.7 Å². The Hall–Kier alpha value is -1.19. The lowest BCUT2D eigenvalue weighted by atomic mass is 9.74. The van der Waals surface area contributed by atoms with Crippen molar-refractivity contribution in [3.63, 3.8) is 0 Å². The summed E-state index contributed by atoms with van der Waals surface area (Å²) in [4.78, 5) is 12.3. The lowest BCUT2D eigenvalue weighted by molar-refractivity contribution is -0.126. The molecule has 110 valence electrons. The fraction of sp³-hybridized carbons (Fsp3) is 0.588. The topological polar surface area (TPSA) is 57.5 Å². The SMILES string of the molecule is Cc1ccc2c(c1)C(CCO)CC(=O)[C@@H](C)[C@H](O)[C@H]2C. The van der Waals surface area contributed by atoms with Crippen LogP contribution in [0.1, 0.15) is 55.2 Å². The fourth-order valence-corrected chi connectivity index (χ4v) is 3.22. The van der Waals surface area contributed by atoms with Crippen LogP contribution < -0.4 is 0 Å². The Labute approximate surface area is 120 Å². The maximum atomic E-state index is 12.3. The Morgan fingerprint density at radius 1 is 1.20 bits per heavy atom. The van der Waals surface area contributed by atoms with E-state index >= 15 is 0 Å². The highest BCUT2D eigenvalue weighted by Gasteiger charge is 2.34. The Kier molecular flexibility index (Phi) is 4.61. The maximum absolute atomic E-state index is 12.3. The summed E-state index contributed by atoms with van der Waals surface area (Å²) >= 11 is 0. The highest BCUT2D eigenvalue weighted by atomic mass is 16.3. The second-order valence-corrected chi connectivity index (χ2v) is 6.08. The molecule has 0 spiro atoms. The van der Waals surface area contributed by atoms with E-state index in [4.69, 9.17) is 0 Å². The molecule has 3 heteroatoms. The normalized spacial score (nSPS) is 30.6. The number of ketones is 1. The van der Waals surface area contributed by atoms with Crippen molar-refractivity contribution < 1.29 is 15.0 Å². The van der Waals surface area contributed by atoms with Gasteiger partial charge < -0.3 is 10.2 Å². The van der Waals surface area contributed by atoms with Gasteiger partial charge in [0, 0.05) is 24.9 Å². The molecule has 0 heterocycles. The molecule has 20 heavy (non-hydrogen) atoms. The van der Waals surface area contributed by atoms with E-state index in [1.165, 1.54) is 0 Å². The van der Waals surface area contributed by atoms with E-state index in [1.54, 1.807) is 6.92 Å². The van der Waals surface area contributed by atoms with Gasteiger partial charge in [-0.05, 0) is 30.4 Å². The van der Waals surface area contributed by atoms with E-state index < -0.39 is 6.10 Å². The molecular formula is C17H24O3. The average Bonchev–Trinajstić information content (AvgIpc) is 2.43. The van der Waals surface area contributed by atoms with Crippen molar-refractivity contribution in [3.8, 4) is 0 Å². The van der Waals surface area contributed by atoms with Gasteiger partial charge in [-0.15, -0.1) is 0 Å². The largest absolute Gasteiger partial charge is 0.396 e. The summed E-state index contributed by atoms with van der Waals surface area (Å²) in [5.74, 6) is -0.263. The average molecular weight is 276 g/mol. The summed E-state index contributed by atoms with van der Waals surface area (Å²) in [6, 6.07) is 6.21. The second kappa shape index (κ2) is 6.06. The van der Waals surface area contributed by atoms with E-state index in [9.17, 15) is 15.0 Å². The van der Waals surface area contributed by atoms with Crippen molar-refractivity contribution in [2.75, 3.05) is 6.61 Å². The van der Waals surface area contributed by atoms with Gasteiger partial charge >= 0.3 is 0 Å². The Balaban J connectivity index is 2.53. The van der Waals surface area contributed by atoms with Gasteiger partial charge in [0.25, 0.3) is 0 Å². The van der Waals surface area contributed by atoms with Crippen molar-refractivity contribution >= 4 is 5.78 Å². The quantitative estimate of drug-likeness (QED) is 0.872. The van der Waals surface area contributed by atoms with Crippen LogP contribution >= 0.6 is 0 Å². The molecule has 1 aromatic rings. The zero-order valence-corrected chi connectivity index (χ0v) is 12.5. The number of hydrogen-bond donors (Lipinski definition) is 2. The first kappa shape index (κ1) is 15.2. The second-order valence-electron chi connectivity index (χ2n) is 6.08. The van der Waals surface area contributed by atoms with Crippen LogP contribution in [0.25, 0.3) is 0 Å². The first-order valence-electron chi connectivity index (χ1n) is 7.37. The lowest BCUT2D eigenvalue weighted by Crippen LogP contribution is -2.34. The van der Waals surface area contributed by atoms with E-state index in [0.29, 0.717) is 12.8 Å². The van der Waals surface area contributed by atoms with Crippen LogP contribution in [0.15, 0.2) is 18.2 Å². The van der Waals surface area contributed by atoms with Gasteiger partial charge in [-0.1, -0.05) is 37.6 Å². The maximum Gasteiger partial charge on any atom is 0.138 e. The number of aliphatic hydroxyl groups excluding tert-OH is 2. The van der Waals surface area contributed by atoms with Crippen LogP contribution in [0.3, 0.4) is 0 Å². The molecule has 2 rings (SSSR count). The fourth-order valence-electron chi connectivity index (χ4n) is 3.22. The third kappa shape index (κ3) is 2.79. The first-order chi connectivity index (χ1) is 9.45. The van der Waals surface area contributed by atoms with E-state index in [2.05, 4.69) is 12.1 Å². The molecule has 1 aliphatic rings. The van der Waals surface area contributed by atoms with Crippen molar-refractivity contribution in [1.82, 2.24) is 0 Å². The number of carbonyl (C=O) groups excluding carboxylic acids is 1. The molecule has 0 aromatic heterocycles. The molecule has 0 bridgehead atoms. The Bertz CT molecular complexity index is 495. The number of rotatable bonds is 2. The molecule has 0 radical (unpaired) electrons. The van der Waals surface area contributed by atoms with Gasteiger partial charge in [0.2, 0.25) is 0 Å². The van der Waals surface area contributed by atoms with Gasteiger partial charge in [-0.25, -0.2) is 0 Å². The predicted octanol–water partition coefficient (Wildman–Crippen LogP) is 2.53. The number of hydrogen-bond acceptors (Lipinski definition) is 3. The summed E-state index contributed by atoms with van der Waals surface area (Å²) in [7, 11) is 0. The number of carbonyl (C=O) groups is 1. The third-order valence-corrected chi connectivity index (χ3v) is 4.63. The molecule has 3 nitrogen and oxygen atoms in total. The third-order valence-electron chi connectivity index (χ3n) is 4.63. The molecule has 4 atom stereocenters. The summed E-state index contributed by atoms with van der Waals surface area (Å²) < 4.78 is 0. The number of Topliss-reactive ketones (excluding diaryl/α,β-unsaturated/α-hetero) is 1. The molecule has 2 N–H and O–H groups in total. The lowest BCUT2D eigenvalue weighted by Gasteiger charge is -2.32. The van der Waals surface area contributed by atoms with E-state index in [1.807, 2.05) is 19.9 Å². The highest BCUT2D eigenvalue weighted by Crippen LogP contribution is 2.38. The number of aliphatic hydroxyl groups is 2. The van der Waals surface area contributed by atoms with Gasteiger partial charge in [0.1, 0.15) is 5.78 Å². The minimum Gasteiger partial charge on any atom is -0.396 e. The molecule has 1 unspecified atom stereocenters. The molecule has 0 saturated heterocycles. The first-order valence-corrected chi connectivity index (χ1v) is 7.37. The zero-order valence-electron chi connectivity index (χ0n) is 12.5. The van der Waals surface area contributed by atoms with E-state index in [-0.39, 0.29) is 30.1 Å². The van der Waals surface area contributed by atoms with Crippen molar-refractivity contribution in [2.45, 2.75) is 51.6 Å². The van der Waals surface area contributed by atoms with Crippen molar-refractivity contribution in [2.24, 2.45) is 5.92 Å². The predicted molar refractivity (Wildman–Crippen MR) is 78.8 cm³/mol. The monoisotopic (exact) mass is 276 g/mol. The number of aryl methyl sites for hydroxylation is 1. The van der Waals surface area contributed by atoms with Crippen LogP contribution in [0.4, 0.5) is 0 Å². The van der Waals surface area contributed by atoms with E-state index in [0.717, 1.165) is 16.7 Å². The van der Waals surface area contributed by atoms with Crippen LogP contribution in [0, 0.1) is 12.8 Å². The van der Waals surface area contributed by atoms with Crippen molar-refractivity contribution in [1.29, 1.82) is 0 Å². The van der Waals surface area contributed by atoms with Crippen LogP contribution in [0.5, 0.6) is 0 Å². The van der Waals surface area contributed by atoms with Crippen molar-refractivity contribution in [3.05, 3.63) is 34.9 Å². The Morgan fingerprint density at radius 3 is 2.55 bits per heavy atom. The van der Waals surface area contributed by atoms with Gasteiger partial charge in [0.15, 0.2) is 0 Å². The number of benzene rings is 1. The van der Waals surface area contributed by atoms with Crippen LogP contribution in [-0.2, 0) is 4.79 Å². The molecule has 0 fully saturated rings. The Morgan fingerprint density at radius 2 is 1.90 bits per heavy atom. The standard InChI is InChI=1S/C17H24O3/c1-10-4-5-14-11(2)17(20)12(3)16(19)9-13(6-7-18)15(14)8-10/h4-5,8,11-13,17-18,20H,6-7,9H2,1-3H3/t11-,12+,13?,17+/m0/s1. The smallest absolute Gasteiger partial charge is 0.138 e. The zero-order chi connectivity index (χ0) is 14.9. The van der Waals surface area contributed by atoms with Gasteiger partial charge in [0.05, 0.1) is 6.10 Å². The minimum atomic E-state index is -0.640. The molecule has 0 aliphatic heterocycles. The number of fused-ring (bicyclic) bond motifs is 1. The molecule has 0 amide bonds. The van der Waals surface area contributed by atoms with Gasteiger partial charge in [-0.2, -0.15) is 0 Å². The van der Waals surface area contributed by atoms with Crippen LogP contribution in [0.2, 0.25) is 0 Å². The minimum absolute atomic E-state index is 0.0554. The summed E-state index contributed by atoms with van der Waals surface area (Å²) in [6.45, 7) is 5.89. The summed E-state index contributed by atoms with van der Waals surface area (Å²) in [5, 5.41) is 19.7. The molecule has 1 aliphatic carbocycles. The summed E-state index contributed by atoms with van der Waals surface area (Å²) in [5.41, 5.74) is 3.38. The molecule has 1 aromatic carbocycles. The molecule has 0 saturated carbocycles. The summed E-state index contributed by atoms with van der Waals surface area (Å²) in [6.07, 6.45) is 0.360. The molecular weight excluding hydrogens is 252 g/mol.